The Morgan fingerprint density at radius 3 is 2.70 bits per heavy atom. The zero-order valence-electron chi connectivity index (χ0n) is 13.2. The van der Waals surface area contributed by atoms with Crippen LogP contribution in [0.15, 0.2) is 42.9 Å². The number of aryl methyl sites for hydroxylation is 1. The van der Waals surface area contributed by atoms with E-state index in [1.165, 1.54) is 5.69 Å². The van der Waals surface area contributed by atoms with E-state index >= 15 is 0 Å². The van der Waals surface area contributed by atoms with E-state index in [0.29, 0.717) is 11.2 Å². The lowest BCUT2D eigenvalue weighted by Gasteiger charge is -2.34. The van der Waals surface area contributed by atoms with E-state index in [4.69, 9.17) is 12.2 Å². The summed E-state index contributed by atoms with van der Waals surface area (Å²) in [6, 6.07) is 8.45. The van der Waals surface area contributed by atoms with Gasteiger partial charge in [0.1, 0.15) is 0 Å². The van der Waals surface area contributed by atoms with Crippen LogP contribution in [0.2, 0.25) is 0 Å². The Balaban J connectivity index is 1.47. The standard InChI is InChI=1S/C17H21N5S/c1-13-4-5-16(12-19-13)22-9-6-14(7-10-22)20-17(23)21-15-3-2-8-18-11-15/h2-5,8,11-12,14H,6-7,9-10H2,1H3,(H2,20,21,23). The first-order valence-electron chi connectivity index (χ1n) is 7.86. The Morgan fingerprint density at radius 1 is 1.22 bits per heavy atom. The molecule has 1 aliphatic rings. The molecule has 0 radical (unpaired) electrons. The molecule has 5 nitrogen and oxygen atoms in total. The Bertz CT molecular complexity index is 636. The van der Waals surface area contributed by atoms with Gasteiger partial charge in [0, 0.05) is 31.0 Å². The van der Waals surface area contributed by atoms with Crippen LogP contribution < -0.4 is 15.5 Å². The van der Waals surface area contributed by atoms with Crippen LogP contribution >= 0.6 is 12.2 Å². The van der Waals surface area contributed by atoms with E-state index in [0.717, 1.165) is 37.3 Å². The molecule has 120 valence electrons. The average molecular weight is 327 g/mol. The Morgan fingerprint density at radius 2 is 2.04 bits per heavy atom. The lowest BCUT2D eigenvalue weighted by molar-refractivity contribution is 0.468. The van der Waals surface area contributed by atoms with Crippen molar-refractivity contribution in [1.82, 2.24) is 15.3 Å². The highest BCUT2D eigenvalue weighted by molar-refractivity contribution is 7.80. The molecule has 2 aromatic heterocycles. The molecular formula is C17H21N5S. The second kappa shape index (κ2) is 7.37. The zero-order valence-corrected chi connectivity index (χ0v) is 14.0. The van der Waals surface area contributed by atoms with Gasteiger partial charge in [-0.3, -0.25) is 9.97 Å². The molecule has 2 aromatic rings. The molecule has 0 aromatic carbocycles. The highest BCUT2D eigenvalue weighted by atomic mass is 32.1. The van der Waals surface area contributed by atoms with Gasteiger partial charge in [0.05, 0.1) is 23.8 Å². The number of nitrogens with one attached hydrogen (secondary N) is 2. The lowest BCUT2D eigenvalue weighted by atomic mass is 10.0. The summed E-state index contributed by atoms with van der Waals surface area (Å²) in [5.74, 6) is 0. The van der Waals surface area contributed by atoms with E-state index in [-0.39, 0.29) is 0 Å². The normalized spacial score (nSPS) is 15.3. The third-order valence-electron chi connectivity index (χ3n) is 4.01. The van der Waals surface area contributed by atoms with Crippen LogP contribution in [0.4, 0.5) is 11.4 Å². The Kier molecular flexibility index (Phi) is 5.02. The first-order valence-corrected chi connectivity index (χ1v) is 8.27. The van der Waals surface area contributed by atoms with Crippen LogP contribution in [0, 0.1) is 6.92 Å². The SMILES string of the molecule is Cc1ccc(N2CCC(NC(=S)Nc3cccnc3)CC2)cn1. The zero-order chi connectivity index (χ0) is 16.1. The van der Waals surface area contributed by atoms with E-state index < -0.39 is 0 Å². The predicted octanol–water partition coefficient (Wildman–Crippen LogP) is 2.74. The first-order chi connectivity index (χ1) is 11.2. The summed E-state index contributed by atoms with van der Waals surface area (Å²) >= 11 is 5.38. The maximum absolute atomic E-state index is 5.38. The van der Waals surface area contributed by atoms with E-state index in [9.17, 15) is 0 Å². The molecule has 0 spiro atoms. The van der Waals surface area contributed by atoms with Crippen LogP contribution in [0.1, 0.15) is 18.5 Å². The number of rotatable bonds is 3. The number of piperidine rings is 1. The van der Waals surface area contributed by atoms with Crippen molar-refractivity contribution in [2.45, 2.75) is 25.8 Å². The summed E-state index contributed by atoms with van der Waals surface area (Å²) < 4.78 is 0. The lowest BCUT2D eigenvalue weighted by Crippen LogP contribution is -2.46. The molecule has 0 bridgehead atoms. The average Bonchev–Trinajstić information content (AvgIpc) is 2.57. The molecule has 0 unspecified atom stereocenters. The van der Waals surface area contributed by atoms with Crippen molar-refractivity contribution < 1.29 is 0 Å². The Labute approximate surface area is 142 Å². The highest BCUT2D eigenvalue weighted by Crippen LogP contribution is 2.19. The Hall–Kier alpha value is -2.21. The van der Waals surface area contributed by atoms with Crippen LogP contribution in [0.5, 0.6) is 0 Å². The van der Waals surface area contributed by atoms with Crippen molar-refractivity contribution in [3.05, 3.63) is 48.5 Å². The van der Waals surface area contributed by atoms with Gasteiger partial charge in [-0.2, -0.15) is 0 Å². The molecule has 1 saturated heterocycles. The summed E-state index contributed by atoms with van der Waals surface area (Å²) in [7, 11) is 0. The molecule has 3 rings (SSSR count). The predicted molar refractivity (Wildman–Crippen MR) is 97.8 cm³/mol. The van der Waals surface area contributed by atoms with Gasteiger partial charge < -0.3 is 15.5 Å². The number of hydrogen-bond donors (Lipinski definition) is 2. The molecule has 0 amide bonds. The van der Waals surface area contributed by atoms with Gasteiger partial charge in [-0.05, 0) is 56.2 Å². The minimum Gasteiger partial charge on any atom is -0.370 e. The van der Waals surface area contributed by atoms with Crippen molar-refractivity contribution in [3.63, 3.8) is 0 Å². The van der Waals surface area contributed by atoms with Crippen LogP contribution in [-0.2, 0) is 0 Å². The minimum atomic E-state index is 0.404. The van der Waals surface area contributed by atoms with Crippen molar-refractivity contribution in [2.75, 3.05) is 23.3 Å². The maximum atomic E-state index is 5.38. The van der Waals surface area contributed by atoms with Gasteiger partial charge in [0.15, 0.2) is 5.11 Å². The second-order valence-corrected chi connectivity index (χ2v) is 6.17. The molecule has 23 heavy (non-hydrogen) atoms. The molecular weight excluding hydrogens is 306 g/mol. The molecule has 0 saturated carbocycles. The fraction of sp³-hybridized carbons (Fsp3) is 0.353. The topological polar surface area (TPSA) is 53.1 Å². The van der Waals surface area contributed by atoms with Crippen molar-refractivity contribution in [1.29, 1.82) is 0 Å². The monoisotopic (exact) mass is 327 g/mol. The third kappa shape index (κ3) is 4.39. The number of nitrogens with zero attached hydrogens (tertiary/aromatic N) is 3. The minimum absolute atomic E-state index is 0.404. The van der Waals surface area contributed by atoms with Crippen molar-refractivity contribution >= 4 is 28.7 Å². The van der Waals surface area contributed by atoms with E-state index in [1.54, 1.807) is 12.4 Å². The molecule has 1 fully saturated rings. The molecule has 3 heterocycles. The van der Waals surface area contributed by atoms with Crippen molar-refractivity contribution in [3.8, 4) is 0 Å². The molecule has 6 heteroatoms. The second-order valence-electron chi connectivity index (χ2n) is 5.76. The van der Waals surface area contributed by atoms with Gasteiger partial charge in [-0.1, -0.05) is 0 Å². The van der Waals surface area contributed by atoms with Gasteiger partial charge in [0.25, 0.3) is 0 Å². The number of pyridine rings is 2. The van der Waals surface area contributed by atoms with Gasteiger partial charge in [0.2, 0.25) is 0 Å². The highest BCUT2D eigenvalue weighted by Gasteiger charge is 2.20. The summed E-state index contributed by atoms with van der Waals surface area (Å²) in [4.78, 5) is 10.8. The van der Waals surface area contributed by atoms with Gasteiger partial charge >= 0.3 is 0 Å². The summed E-state index contributed by atoms with van der Waals surface area (Å²) in [5, 5.41) is 7.23. The summed E-state index contributed by atoms with van der Waals surface area (Å²) in [6.07, 6.45) is 7.58. The molecule has 0 aliphatic carbocycles. The van der Waals surface area contributed by atoms with Gasteiger partial charge in [-0.15, -0.1) is 0 Å². The van der Waals surface area contributed by atoms with Crippen LogP contribution in [0.3, 0.4) is 0 Å². The smallest absolute Gasteiger partial charge is 0.171 e. The largest absolute Gasteiger partial charge is 0.370 e. The number of aromatic nitrogens is 2. The van der Waals surface area contributed by atoms with Crippen LogP contribution in [-0.4, -0.2) is 34.2 Å². The molecule has 1 aliphatic heterocycles. The molecule has 2 N–H and O–H groups in total. The summed E-state index contributed by atoms with van der Waals surface area (Å²) in [6.45, 7) is 4.03. The molecule has 0 atom stereocenters. The first kappa shape index (κ1) is 15.7. The van der Waals surface area contributed by atoms with Crippen molar-refractivity contribution in [2.24, 2.45) is 0 Å². The van der Waals surface area contributed by atoms with Gasteiger partial charge in [-0.25, -0.2) is 0 Å². The van der Waals surface area contributed by atoms with E-state index in [2.05, 4.69) is 37.6 Å². The maximum Gasteiger partial charge on any atom is 0.171 e. The fourth-order valence-electron chi connectivity index (χ4n) is 2.72. The fourth-order valence-corrected chi connectivity index (χ4v) is 3.00. The van der Waals surface area contributed by atoms with Crippen LogP contribution in [0.25, 0.3) is 0 Å². The third-order valence-corrected chi connectivity index (χ3v) is 4.23. The number of hydrogen-bond acceptors (Lipinski definition) is 4. The quantitative estimate of drug-likeness (QED) is 0.846. The van der Waals surface area contributed by atoms with E-state index in [1.807, 2.05) is 25.3 Å². The number of thiocarbonyl (C=S) groups is 1. The number of anilines is 2. The summed E-state index contributed by atoms with van der Waals surface area (Å²) in [5.41, 5.74) is 3.16.